The van der Waals surface area contributed by atoms with Crippen molar-refractivity contribution in [2.45, 2.75) is 37.8 Å². The summed E-state index contributed by atoms with van der Waals surface area (Å²) < 4.78 is 13.7. The van der Waals surface area contributed by atoms with Gasteiger partial charge in [-0.05, 0) is 43.3 Å². The molecule has 2 fully saturated rings. The van der Waals surface area contributed by atoms with Crippen LogP contribution in [0.25, 0.3) is 16.4 Å². The zero-order valence-corrected chi connectivity index (χ0v) is 23.8. The van der Waals surface area contributed by atoms with Gasteiger partial charge in [0.05, 0.1) is 37.5 Å². The summed E-state index contributed by atoms with van der Waals surface area (Å²) in [5.74, 6) is 1.34. The van der Waals surface area contributed by atoms with Crippen LogP contribution in [0.5, 0.6) is 11.8 Å². The number of hydrogen-bond acceptors (Lipinski definition) is 9. The third-order valence-corrected chi connectivity index (χ3v) is 8.40. The lowest BCUT2D eigenvalue weighted by molar-refractivity contribution is 0.119. The second-order valence-corrected chi connectivity index (χ2v) is 10.9. The number of fused-ring (bicyclic) bond motifs is 2. The number of amides is 1. The third kappa shape index (κ3) is 5.23. The molecule has 2 aliphatic rings. The minimum atomic E-state index is -1.03. The lowest BCUT2D eigenvalue weighted by Gasteiger charge is -2.39. The third-order valence-electron chi connectivity index (χ3n) is 8.40. The highest BCUT2D eigenvalue weighted by Crippen LogP contribution is 2.32. The first-order chi connectivity index (χ1) is 20.5. The first-order valence-corrected chi connectivity index (χ1v) is 14.2. The van der Waals surface area contributed by atoms with Crippen LogP contribution in [0.4, 0.5) is 10.6 Å². The zero-order valence-electron chi connectivity index (χ0n) is 23.8. The van der Waals surface area contributed by atoms with Crippen molar-refractivity contribution in [2.75, 3.05) is 51.8 Å². The van der Waals surface area contributed by atoms with E-state index < -0.39 is 12.1 Å². The molecule has 0 bridgehead atoms. The van der Waals surface area contributed by atoms with E-state index in [1.54, 1.807) is 17.8 Å². The molecule has 2 atom stereocenters. The van der Waals surface area contributed by atoms with Crippen molar-refractivity contribution in [1.29, 1.82) is 5.26 Å². The van der Waals surface area contributed by atoms with Gasteiger partial charge in [-0.3, -0.25) is 0 Å². The summed E-state index contributed by atoms with van der Waals surface area (Å²) in [6.45, 7) is 2.47. The first-order valence-electron chi connectivity index (χ1n) is 14.2. The predicted molar refractivity (Wildman–Crippen MR) is 156 cm³/mol. The summed E-state index contributed by atoms with van der Waals surface area (Å²) in [5.41, 5.74) is 2.41. The maximum Gasteiger partial charge on any atom is 0.407 e. The minimum absolute atomic E-state index is 0.0854. The van der Waals surface area contributed by atoms with E-state index in [0.717, 1.165) is 47.2 Å². The molecule has 0 aliphatic carbocycles. The van der Waals surface area contributed by atoms with E-state index in [1.807, 2.05) is 29.2 Å². The van der Waals surface area contributed by atoms with Crippen LogP contribution in [0.1, 0.15) is 30.5 Å². The number of benzene rings is 2. The van der Waals surface area contributed by atoms with Crippen molar-refractivity contribution in [3.63, 3.8) is 0 Å². The summed E-state index contributed by atoms with van der Waals surface area (Å²) in [6.07, 6.45) is 3.54. The molecule has 0 saturated carbocycles. The molecule has 4 heterocycles. The number of aromatic nitrogens is 4. The largest absolute Gasteiger partial charge is 0.496 e. The molecular weight excluding hydrogens is 536 g/mol. The summed E-state index contributed by atoms with van der Waals surface area (Å²) in [4.78, 5) is 27.0. The van der Waals surface area contributed by atoms with Gasteiger partial charge in [0.15, 0.2) is 11.5 Å². The van der Waals surface area contributed by atoms with Crippen LogP contribution < -0.4 is 14.4 Å². The quantitative estimate of drug-likeness (QED) is 0.336. The molecule has 0 spiro atoms. The highest BCUT2D eigenvalue weighted by atomic mass is 16.5. The Morgan fingerprint density at radius 2 is 2.02 bits per heavy atom. The van der Waals surface area contributed by atoms with Gasteiger partial charge in [-0.2, -0.15) is 10.2 Å². The number of anilines is 1. The Morgan fingerprint density at radius 1 is 1.17 bits per heavy atom. The van der Waals surface area contributed by atoms with Gasteiger partial charge in [-0.15, -0.1) is 5.10 Å². The number of piperazine rings is 1. The maximum atomic E-state index is 11.8. The predicted octanol–water partition coefficient (Wildman–Crippen LogP) is 3.43. The molecule has 2 saturated heterocycles. The molecule has 2 aliphatic heterocycles. The summed E-state index contributed by atoms with van der Waals surface area (Å²) in [7, 11) is 3.77. The van der Waals surface area contributed by atoms with Gasteiger partial charge in [0.25, 0.3) is 0 Å². The lowest BCUT2D eigenvalue weighted by atomic mass is 10.00. The van der Waals surface area contributed by atoms with Gasteiger partial charge in [-0.25, -0.2) is 14.3 Å². The van der Waals surface area contributed by atoms with Crippen LogP contribution in [0.2, 0.25) is 0 Å². The number of nitriles is 1. The number of carbonyl (C=O) groups is 1. The lowest BCUT2D eigenvalue weighted by Crippen LogP contribution is -2.55. The summed E-state index contributed by atoms with van der Waals surface area (Å²) >= 11 is 0. The number of carboxylic acid groups (broad SMARTS) is 1. The van der Waals surface area contributed by atoms with Crippen molar-refractivity contribution < 1.29 is 19.4 Å². The molecule has 4 aromatic rings. The molecule has 2 aromatic carbocycles. The van der Waals surface area contributed by atoms with Crippen molar-refractivity contribution in [1.82, 2.24) is 29.4 Å². The molecule has 12 heteroatoms. The first kappa shape index (κ1) is 27.5. The van der Waals surface area contributed by atoms with Gasteiger partial charge in [0.2, 0.25) is 0 Å². The van der Waals surface area contributed by atoms with E-state index in [4.69, 9.17) is 24.5 Å². The topological polar surface area (TPSA) is 132 Å². The average Bonchev–Trinajstić information content (AvgIpc) is 3.61. The van der Waals surface area contributed by atoms with E-state index in [1.165, 1.54) is 4.90 Å². The van der Waals surface area contributed by atoms with Gasteiger partial charge < -0.3 is 29.3 Å². The Morgan fingerprint density at radius 3 is 2.79 bits per heavy atom. The van der Waals surface area contributed by atoms with Crippen molar-refractivity contribution in [2.24, 2.45) is 0 Å². The normalized spacial score (nSPS) is 19.4. The molecule has 42 heavy (non-hydrogen) atoms. The Balaban J connectivity index is 1.40. The van der Waals surface area contributed by atoms with Gasteiger partial charge in [0, 0.05) is 37.7 Å². The SMILES string of the molecule is COc1ccc2ccccc2c1Cc1cnc2c(N3CCN(C(=O)O)C(CC#N)C3)nc(OCC3CCCN3C)nn12. The fraction of sp³-hybridized carbons (Fsp3) is 0.433. The monoisotopic (exact) mass is 570 g/mol. The summed E-state index contributed by atoms with van der Waals surface area (Å²) in [5, 5.41) is 26.1. The highest BCUT2D eigenvalue weighted by Gasteiger charge is 2.33. The second-order valence-electron chi connectivity index (χ2n) is 10.9. The molecule has 6 rings (SSSR count). The van der Waals surface area contributed by atoms with Crippen LogP contribution >= 0.6 is 0 Å². The van der Waals surface area contributed by atoms with E-state index in [9.17, 15) is 15.2 Å². The number of likely N-dealkylation sites (N-methyl/N-ethyl adjacent to an activating group) is 1. The van der Waals surface area contributed by atoms with E-state index in [2.05, 4.69) is 30.1 Å². The fourth-order valence-electron chi connectivity index (χ4n) is 6.10. The van der Waals surface area contributed by atoms with Gasteiger partial charge in [-0.1, -0.05) is 30.3 Å². The number of methoxy groups -OCH3 is 1. The van der Waals surface area contributed by atoms with Crippen molar-refractivity contribution in [3.8, 4) is 17.8 Å². The molecule has 218 valence electrons. The standard InChI is InChI=1S/C30H34N8O4/c1-35-13-5-7-22(35)19-42-29-33-28(36-14-15-37(30(39)40)21(18-36)11-12-31)27-32-17-23(38(27)34-29)16-25-24-8-4-3-6-20(24)9-10-26(25)41-2/h3-4,6,8-10,17,21-22H,5,7,11,13-16,18-19H2,1-2H3,(H,39,40). The molecule has 2 unspecified atom stereocenters. The Kier molecular flexibility index (Phi) is 7.67. The second kappa shape index (κ2) is 11.7. The van der Waals surface area contributed by atoms with Crippen LogP contribution in [0.15, 0.2) is 42.6 Å². The van der Waals surface area contributed by atoms with Crippen LogP contribution in [-0.2, 0) is 6.42 Å². The molecule has 2 aromatic heterocycles. The molecule has 12 nitrogen and oxygen atoms in total. The number of rotatable bonds is 8. The average molecular weight is 571 g/mol. The Hall–Kier alpha value is -4.63. The van der Waals surface area contributed by atoms with E-state index in [0.29, 0.717) is 37.6 Å². The zero-order chi connectivity index (χ0) is 29.2. The molecule has 1 N–H and O–H groups in total. The Bertz CT molecular complexity index is 1650. The van der Waals surface area contributed by atoms with E-state index in [-0.39, 0.29) is 25.0 Å². The highest BCUT2D eigenvalue weighted by molar-refractivity contribution is 5.88. The summed E-state index contributed by atoms with van der Waals surface area (Å²) in [6, 6.07) is 14.4. The van der Waals surface area contributed by atoms with Crippen LogP contribution in [0.3, 0.4) is 0 Å². The van der Waals surface area contributed by atoms with E-state index >= 15 is 0 Å². The fourth-order valence-corrected chi connectivity index (χ4v) is 6.10. The number of likely N-dealkylation sites (tertiary alicyclic amines) is 1. The molecule has 0 radical (unpaired) electrons. The Labute approximate surface area is 243 Å². The smallest absolute Gasteiger partial charge is 0.407 e. The van der Waals surface area contributed by atoms with Crippen molar-refractivity contribution in [3.05, 3.63) is 53.9 Å². The number of imidazole rings is 1. The number of nitrogens with zero attached hydrogens (tertiary/aromatic N) is 8. The van der Waals surface area contributed by atoms with Crippen LogP contribution in [0, 0.1) is 11.3 Å². The van der Waals surface area contributed by atoms with Gasteiger partial charge >= 0.3 is 12.1 Å². The van der Waals surface area contributed by atoms with Crippen molar-refractivity contribution >= 4 is 28.3 Å². The minimum Gasteiger partial charge on any atom is -0.496 e. The number of ether oxygens (including phenoxy) is 2. The molecular formula is C30H34N8O4. The molecule has 1 amide bonds. The van der Waals surface area contributed by atoms with Gasteiger partial charge in [0.1, 0.15) is 12.4 Å². The van der Waals surface area contributed by atoms with Crippen LogP contribution in [-0.4, -0.2) is 99.6 Å². The maximum absolute atomic E-state index is 11.8. The number of hydrogen-bond donors (Lipinski definition) is 1.